The SMILES string of the molecule is CCC(=O)Nc1ccc(Sc2ccc([N+](=O)[O-])cc2)cc1. The van der Waals surface area contributed by atoms with E-state index < -0.39 is 4.92 Å². The van der Waals surface area contributed by atoms with Crippen molar-refractivity contribution in [1.82, 2.24) is 0 Å². The van der Waals surface area contributed by atoms with E-state index >= 15 is 0 Å². The van der Waals surface area contributed by atoms with Crippen LogP contribution in [0.2, 0.25) is 0 Å². The molecular formula is C15H14N2O3S. The third-order valence-electron chi connectivity index (χ3n) is 2.74. The fourth-order valence-corrected chi connectivity index (χ4v) is 2.44. The summed E-state index contributed by atoms with van der Waals surface area (Å²) in [4.78, 5) is 23.4. The fourth-order valence-electron chi connectivity index (χ4n) is 1.63. The van der Waals surface area contributed by atoms with E-state index in [9.17, 15) is 14.9 Å². The van der Waals surface area contributed by atoms with Crippen LogP contribution in [0.3, 0.4) is 0 Å². The maximum Gasteiger partial charge on any atom is 0.269 e. The number of nitrogens with zero attached hydrogens (tertiary/aromatic N) is 1. The first-order chi connectivity index (χ1) is 10.1. The first kappa shape index (κ1) is 15.1. The van der Waals surface area contributed by atoms with Crippen molar-refractivity contribution in [2.45, 2.75) is 23.1 Å². The third kappa shape index (κ3) is 4.32. The highest BCUT2D eigenvalue weighted by Gasteiger charge is 2.05. The molecule has 2 aromatic rings. The van der Waals surface area contributed by atoms with Crippen molar-refractivity contribution in [3.05, 3.63) is 58.6 Å². The Morgan fingerprint density at radius 3 is 2.10 bits per heavy atom. The predicted octanol–water partition coefficient (Wildman–Crippen LogP) is 4.09. The van der Waals surface area contributed by atoms with E-state index in [4.69, 9.17) is 0 Å². The molecule has 0 spiro atoms. The first-order valence-corrected chi connectivity index (χ1v) is 7.22. The second-order valence-corrected chi connectivity index (χ2v) is 5.43. The van der Waals surface area contributed by atoms with Crippen molar-refractivity contribution >= 4 is 29.0 Å². The van der Waals surface area contributed by atoms with E-state index in [1.165, 1.54) is 23.9 Å². The minimum absolute atomic E-state index is 0.0224. The Morgan fingerprint density at radius 1 is 1.10 bits per heavy atom. The van der Waals surface area contributed by atoms with Crippen LogP contribution in [0.5, 0.6) is 0 Å². The lowest BCUT2D eigenvalue weighted by Crippen LogP contribution is -2.08. The van der Waals surface area contributed by atoms with E-state index in [1.54, 1.807) is 19.1 Å². The predicted molar refractivity (Wildman–Crippen MR) is 82.6 cm³/mol. The van der Waals surface area contributed by atoms with Crippen LogP contribution in [0.25, 0.3) is 0 Å². The molecule has 0 aliphatic carbocycles. The monoisotopic (exact) mass is 302 g/mol. The largest absolute Gasteiger partial charge is 0.326 e. The maximum atomic E-state index is 11.3. The van der Waals surface area contributed by atoms with Crippen molar-refractivity contribution < 1.29 is 9.72 Å². The number of carbonyl (C=O) groups is 1. The lowest BCUT2D eigenvalue weighted by Gasteiger charge is -2.05. The number of rotatable bonds is 5. The van der Waals surface area contributed by atoms with Gasteiger partial charge in [-0.2, -0.15) is 0 Å². The van der Waals surface area contributed by atoms with Crippen molar-refractivity contribution in [2.24, 2.45) is 0 Å². The van der Waals surface area contributed by atoms with Crippen molar-refractivity contribution in [1.29, 1.82) is 0 Å². The van der Waals surface area contributed by atoms with Crippen LogP contribution >= 0.6 is 11.8 Å². The van der Waals surface area contributed by atoms with Crippen LogP contribution in [0.4, 0.5) is 11.4 Å². The topological polar surface area (TPSA) is 72.2 Å². The molecule has 0 saturated carbocycles. The van der Waals surface area contributed by atoms with Gasteiger partial charge in [-0.15, -0.1) is 0 Å². The number of non-ortho nitro benzene ring substituents is 1. The number of hydrogen-bond donors (Lipinski definition) is 1. The second-order valence-electron chi connectivity index (χ2n) is 4.28. The number of carbonyl (C=O) groups excluding carboxylic acids is 1. The number of nitrogens with one attached hydrogen (secondary N) is 1. The molecule has 0 fully saturated rings. The minimum atomic E-state index is -0.417. The Hall–Kier alpha value is -2.34. The van der Waals surface area contributed by atoms with Gasteiger partial charge in [-0.1, -0.05) is 18.7 Å². The van der Waals surface area contributed by atoms with Crippen LogP contribution in [0.1, 0.15) is 13.3 Å². The number of nitro groups is 1. The molecule has 2 aromatic carbocycles. The van der Waals surface area contributed by atoms with Crippen molar-refractivity contribution in [2.75, 3.05) is 5.32 Å². The molecule has 0 radical (unpaired) electrons. The molecule has 0 saturated heterocycles. The standard InChI is InChI=1S/C15H14N2O3S/c1-2-15(18)16-11-3-7-13(8-4-11)21-14-9-5-12(6-10-14)17(19)20/h3-10H,2H2,1H3,(H,16,18). The van der Waals surface area contributed by atoms with Crippen LogP contribution in [0, 0.1) is 10.1 Å². The molecule has 0 heterocycles. The average molecular weight is 302 g/mol. The Morgan fingerprint density at radius 2 is 1.62 bits per heavy atom. The fraction of sp³-hybridized carbons (Fsp3) is 0.133. The zero-order valence-electron chi connectivity index (χ0n) is 11.4. The number of anilines is 1. The van der Waals surface area contributed by atoms with Gasteiger partial charge in [0.05, 0.1) is 4.92 Å². The van der Waals surface area contributed by atoms with E-state index in [0.29, 0.717) is 6.42 Å². The smallest absolute Gasteiger partial charge is 0.269 e. The summed E-state index contributed by atoms with van der Waals surface area (Å²) in [5.41, 5.74) is 0.840. The summed E-state index contributed by atoms with van der Waals surface area (Å²) in [5.74, 6) is -0.0224. The lowest BCUT2D eigenvalue weighted by molar-refractivity contribution is -0.384. The molecule has 0 aliphatic heterocycles. The maximum absolute atomic E-state index is 11.3. The number of benzene rings is 2. The van der Waals surface area contributed by atoms with Gasteiger partial charge in [-0.05, 0) is 36.4 Å². The molecule has 0 aliphatic rings. The Balaban J connectivity index is 2.02. The quantitative estimate of drug-likeness (QED) is 0.667. The van der Waals surface area contributed by atoms with Gasteiger partial charge in [-0.25, -0.2) is 0 Å². The molecule has 2 rings (SSSR count). The summed E-state index contributed by atoms with van der Waals surface area (Å²) in [5, 5.41) is 13.4. The summed E-state index contributed by atoms with van der Waals surface area (Å²) >= 11 is 1.51. The van der Waals surface area contributed by atoms with Gasteiger partial charge >= 0.3 is 0 Å². The normalized spacial score (nSPS) is 10.1. The molecule has 108 valence electrons. The van der Waals surface area contributed by atoms with Gasteiger partial charge in [0, 0.05) is 34.0 Å². The summed E-state index contributed by atoms with van der Waals surface area (Å²) in [6.45, 7) is 1.80. The summed E-state index contributed by atoms with van der Waals surface area (Å²) < 4.78 is 0. The van der Waals surface area contributed by atoms with Crippen molar-refractivity contribution in [3.63, 3.8) is 0 Å². The average Bonchev–Trinajstić information content (AvgIpc) is 2.49. The molecule has 1 amide bonds. The van der Waals surface area contributed by atoms with E-state index in [1.807, 2.05) is 24.3 Å². The molecular weight excluding hydrogens is 288 g/mol. The van der Waals surface area contributed by atoms with Crippen LogP contribution in [0.15, 0.2) is 58.3 Å². The molecule has 0 aromatic heterocycles. The van der Waals surface area contributed by atoms with Gasteiger partial charge in [0.2, 0.25) is 5.91 Å². The molecule has 5 nitrogen and oxygen atoms in total. The molecule has 6 heteroatoms. The van der Waals surface area contributed by atoms with Gasteiger partial charge in [0.1, 0.15) is 0 Å². The Bertz CT molecular complexity index is 639. The van der Waals surface area contributed by atoms with Gasteiger partial charge in [0.15, 0.2) is 0 Å². The highest BCUT2D eigenvalue weighted by atomic mass is 32.2. The van der Waals surface area contributed by atoms with Crippen LogP contribution in [-0.4, -0.2) is 10.8 Å². The molecule has 0 atom stereocenters. The number of amides is 1. The molecule has 0 unspecified atom stereocenters. The lowest BCUT2D eigenvalue weighted by atomic mass is 10.3. The van der Waals surface area contributed by atoms with E-state index in [2.05, 4.69) is 5.32 Å². The molecule has 21 heavy (non-hydrogen) atoms. The number of hydrogen-bond acceptors (Lipinski definition) is 4. The second kappa shape index (κ2) is 6.90. The van der Waals surface area contributed by atoms with E-state index in [-0.39, 0.29) is 11.6 Å². The van der Waals surface area contributed by atoms with Gasteiger partial charge in [-0.3, -0.25) is 14.9 Å². The molecule has 1 N–H and O–H groups in total. The zero-order chi connectivity index (χ0) is 15.2. The summed E-state index contributed by atoms with van der Waals surface area (Å²) in [7, 11) is 0. The first-order valence-electron chi connectivity index (χ1n) is 6.40. The van der Waals surface area contributed by atoms with Crippen LogP contribution < -0.4 is 5.32 Å². The Labute approximate surface area is 126 Å². The third-order valence-corrected chi connectivity index (χ3v) is 3.76. The van der Waals surface area contributed by atoms with E-state index in [0.717, 1.165) is 15.5 Å². The highest BCUT2D eigenvalue weighted by Crippen LogP contribution is 2.29. The summed E-state index contributed by atoms with van der Waals surface area (Å²) in [6.07, 6.45) is 0.444. The van der Waals surface area contributed by atoms with Crippen molar-refractivity contribution in [3.8, 4) is 0 Å². The Kier molecular flexibility index (Phi) is 4.94. The number of nitro benzene ring substituents is 1. The minimum Gasteiger partial charge on any atom is -0.326 e. The van der Waals surface area contributed by atoms with Crippen LogP contribution in [-0.2, 0) is 4.79 Å². The molecule has 0 bridgehead atoms. The summed E-state index contributed by atoms with van der Waals surface area (Å²) in [6, 6.07) is 13.9. The van der Waals surface area contributed by atoms with Gasteiger partial charge in [0.25, 0.3) is 5.69 Å². The highest BCUT2D eigenvalue weighted by molar-refractivity contribution is 7.99. The van der Waals surface area contributed by atoms with Gasteiger partial charge < -0.3 is 5.32 Å². The zero-order valence-corrected chi connectivity index (χ0v) is 12.2.